The molecule has 1 fully saturated rings. The molecule has 0 radical (unpaired) electrons. The van der Waals surface area contributed by atoms with Crippen molar-refractivity contribution in [3.63, 3.8) is 0 Å². The van der Waals surface area contributed by atoms with E-state index >= 15 is 0 Å². The number of rotatable bonds is 5. The molecule has 0 saturated carbocycles. The Hall–Kier alpha value is -2.45. The molecular weight excluding hydrogens is 366 g/mol. The van der Waals surface area contributed by atoms with E-state index in [0.29, 0.717) is 24.5 Å². The van der Waals surface area contributed by atoms with E-state index in [4.69, 9.17) is 4.52 Å². The summed E-state index contributed by atoms with van der Waals surface area (Å²) in [6.45, 7) is 4.92. The summed E-state index contributed by atoms with van der Waals surface area (Å²) in [7, 11) is -3.50. The number of aryl methyl sites for hydroxylation is 2. The highest BCUT2D eigenvalue weighted by Crippen LogP contribution is 2.16. The van der Waals surface area contributed by atoms with E-state index in [1.807, 2.05) is 37.3 Å². The molecule has 1 aromatic carbocycles. The molecule has 144 valence electrons. The van der Waals surface area contributed by atoms with Crippen molar-refractivity contribution >= 4 is 22.0 Å². The van der Waals surface area contributed by atoms with Crippen LogP contribution in [0.15, 0.2) is 40.3 Å². The molecule has 3 rings (SSSR count). The Labute approximate surface area is 159 Å². The van der Waals surface area contributed by atoms with E-state index in [1.165, 1.54) is 9.71 Å². The SMILES string of the molecule is Cc1noc(C)c1CC(=O)N1CCN(S(=O)(=O)C=Cc2ccccc2)CC1. The summed E-state index contributed by atoms with van der Waals surface area (Å²) in [6.07, 6.45) is 1.81. The van der Waals surface area contributed by atoms with Crippen molar-refractivity contribution in [3.05, 3.63) is 58.3 Å². The third-order valence-electron chi connectivity index (χ3n) is 4.69. The summed E-state index contributed by atoms with van der Waals surface area (Å²) in [6, 6.07) is 9.28. The van der Waals surface area contributed by atoms with Crippen molar-refractivity contribution in [3.8, 4) is 0 Å². The van der Waals surface area contributed by atoms with Crippen LogP contribution in [0, 0.1) is 13.8 Å². The lowest BCUT2D eigenvalue weighted by atomic mass is 10.1. The van der Waals surface area contributed by atoms with Gasteiger partial charge in [0.15, 0.2) is 0 Å². The number of nitrogens with zero attached hydrogens (tertiary/aromatic N) is 3. The number of hydrogen-bond donors (Lipinski definition) is 0. The van der Waals surface area contributed by atoms with Crippen molar-refractivity contribution in [2.24, 2.45) is 0 Å². The molecule has 0 unspecified atom stereocenters. The third-order valence-corrected chi connectivity index (χ3v) is 6.26. The van der Waals surface area contributed by atoms with Gasteiger partial charge in [0.05, 0.1) is 12.1 Å². The summed E-state index contributed by atoms with van der Waals surface area (Å²) in [5, 5.41) is 5.09. The first-order valence-electron chi connectivity index (χ1n) is 8.79. The van der Waals surface area contributed by atoms with Gasteiger partial charge in [0.2, 0.25) is 15.9 Å². The maximum atomic E-state index is 12.5. The minimum Gasteiger partial charge on any atom is -0.361 e. The van der Waals surface area contributed by atoms with Crippen molar-refractivity contribution in [1.82, 2.24) is 14.4 Å². The lowest BCUT2D eigenvalue weighted by molar-refractivity contribution is -0.131. The Kier molecular flexibility index (Phi) is 5.76. The fraction of sp³-hybridized carbons (Fsp3) is 0.368. The van der Waals surface area contributed by atoms with E-state index in [2.05, 4.69) is 5.16 Å². The fourth-order valence-electron chi connectivity index (χ4n) is 3.02. The van der Waals surface area contributed by atoms with Crippen LogP contribution in [0.2, 0.25) is 0 Å². The zero-order chi connectivity index (χ0) is 19.4. The highest BCUT2D eigenvalue weighted by atomic mass is 32.2. The second kappa shape index (κ2) is 8.06. The molecular formula is C19H23N3O4S. The minimum atomic E-state index is -3.50. The topological polar surface area (TPSA) is 83.7 Å². The van der Waals surface area contributed by atoms with Gasteiger partial charge in [-0.3, -0.25) is 4.79 Å². The van der Waals surface area contributed by atoms with E-state index in [9.17, 15) is 13.2 Å². The number of benzene rings is 1. The van der Waals surface area contributed by atoms with Gasteiger partial charge in [-0.1, -0.05) is 35.5 Å². The van der Waals surface area contributed by atoms with E-state index in [1.54, 1.807) is 17.9 Å². The van der Waals surface area contributed by atoms with Gasteiger partial charge in [-0.25, -0.2) is 8.42 Å². The van der Waals surface area contributed by atoms with Gasteiger partial charge in [0.25, 0.3) is 0 Å². The van der Waals surface area contributed by atoms with Crippen LogP contribution >= 0.6 is 0 Å². The monoisotopic (exact) mass is 389 g/mol. The standard InChI is InChI=1S/C19H23N3O4S/c1-15-18(16(2)26-20-15)14-19(23)21-9-11-22(12-10-21)27(24,25)13-8-17-6-4-3-5-7-17/h3-8,13H,9-12,14H2,1-2H3. The molecule has 2 heterocycles. The molecule has 0 spiro atoms. The molecule has 1 aliphatic heterocycles. The Morgan fingerprint density at radius 1 is 1.15 bits per heavy atom. The predicted octanol–water partition coefficient (Wildman–Crippen LogP) is 1.98. The minimum absolute atomic E-state index is 0.0405. The second-order valence-corrected chi connectivity index (χ2v) is 8.34. The molecule has 1 saturated heterocycles. The van der Waals surface area contributed by atoms with E-state index < -0.39 is 10.0 Å². The molecule has 2 aromatic rings. The van der Waals surface area contributed by atoms with Crippen molar-refractivity contribution in [2.75, 3.05) is 26.2 Å². The molecule has 0 bridgehead atoms. The summed E-state index contributed by atoms with van der Waals surface area (Å²) in [5.74, 6) is 0.606. The number of amides is 1. The molecule has 1 aliphatic rings. The van der Waals surface area contributed by atoms with Gasteiger partial charge in [-0.15, -0.1) is 0 Å². The molecule has 0 aliphatic carbocycles. The predicted molar refractivity (Wildman–Crippen MR) is 102 cm³/mol. The zero-order valence-electron chi connectivity index (χ0n) is 15.5. The average molecular weight is 389 g/mol. The van der Waals surface area contributed by atoms with Crippen LogP contribution in [0.3, 0.4) is 0 Å². The van der Waals surface area contributed by atoms with E-state index in [-0.39, 0.29) is 25.4 Å². The molecule has 1 aromatic heterocycles. The van der Waals surface area contributed by atoms with Gasteiger partial charge in [0, 0.05) is 37.2 Å². The largest absolute Gasteiger partial charge is 0.361 e. The van der Waals surface area contributed by atoms with Crippen molar-refractivity contribution < 1.29 is 17.7 Å². The average Bonchev–Trinajstić information content (AvgIpc) is 2.99. The molecule has 27 heavy (non-hydrogen) atoms. The maximum absolute atomic E-state index is 12.5. The van der Waals surface area contributed by atoms with Crippen LogP contribution in [0.5, 0.6) is 0 Å². The first-order chi connectivity index (χ1) is 12.9. The van der Waals surface area contributed by atoms with E-state index in [0.717, 1.165) is 11.1 Å². The molecule has 1 amide bonds. The summed E-state index contributed by atoms with van der Waals surface area (Å²) in [4.78, 5) is 14.2. The maximum Gasteiger partial charge on any atom is 0.236 e. The molecule has 7 nitrogen and oxygen atoms in total. The number of aromatic nitrogens is 1. The fourth-order valence-corrected chi connectivity index (χ4v) is 4.20. The van der Waals surface area contributed by atoms with Crippen LogP contribution in [0.1, 0.15) is 22.6 Å². The van der Waals surface area contributed by atoms with Crippen LogP contribution in [-0.4, -0.2) is 54.9 Å². The first-order valence-corrected chi connectivity index (χ1v) is 10.3. The highest BCUT2D eigenvalue weighted by molar-refractivity contribution is 7.92. The number of piperazine rings is 1. The highest BCUT2D eigenvalue weighted by Gasteiger charge is 2.28. The molecule has 8 heteroatoms. The molecule has 0 atom stereocenters. The Morgan fingerprint density at radius 3 is 2.41 bits per heavy atom. The Balaban J connectivity index is 1.58. The Bertz CT molecular complexity index is 908. The van der Waals surface area contributed by atoms with Gasteiger partial charge in [-0.05, 0) is 25.5 Å². The van der Waals surface area contributed by atoms with Gasteiger partial charge in [-0.2, -0.15) is 4.31 Å². The van der Waals surface area contributed by atoms with Crippen molar-refractivity contribution in [2.45, 2.75) is 20.3 Å². The number of carbonyl (C=O) groups is 1. The number of hydrogen-bond acceptors (Lipinski definition) is 5. The van der Waals surface area contributed by atoms with Gasteiger partial charge < -0.3 is 9.42 Å². The van der Waals surface area contributed by atoms with Gasteiger partial charge in [0.1, 0.15) is 5.76 Å². The van der Waals surface area contributed by atoms with Crippen LogP contribution in [0.4, 0.5) is 0 Å². The number of carbonyl (C=O) groups excluding carboxylic acids is 1. The molecule has 0 N–H and O–H groups in total. The number of sulfonamides is 1. The summed E-state index contributed by atoms with van der Waals surface area (Å²) < 4.78 is 31.5. The normalized spacial score (nSPS) is 16.1. The first kappa shape index (κ1) is 19.3. The smallest absolute Gasteiger partial charge is 0.236 e. The second-order valence-electron chi connectivity index (χ2n) is 6.52. The van der Waals surface area contributed by atoms with Crippen LogP contribution < -0.4 is 0 Å². The van der Waals surface area contributed by atoms with Gasteiger partial charge >= 0.3 is 0 Å². The quantitative estimate of drug-likeness (QED) is 0.781. The summed E-state index contributed by atoms with van der Waals surface area (Å²) >= 11 is 0. The third kappa shape index (κ3) is 4.64. The lowest BCUT2D eigenvalue weighted by Crippen LogP contribution is -2.50. The van der Waals surface area contributed by atoms with Crippen molar-refractivity contribution in [1.29, 1.82) is 0 Å². The zero-order valence-corrected chi connectivity index (χ0v) is 16.3. The lowest BCUT2D eigenvalue weighted by Gasteiger charge is -2.33. The Morgan fingerprint density at radius 2 is 1.81 bits per heavy atom. The summed E-state index contributed by atoms with van der Waals surface area (Å²) in [5.41, 5.74) is 2.35. The van der Waals surface area contributed by atoms with Crippen LogP contribution in [0.25, 0.3) is 6.08 Å². The van der Waals surface area contributed by atoms with Crippen LogP contribution in [-0.2, 0) is 21.2 Å².